The van der Waals surface area contributed by atoms with E-state index in [0.717, 1.165) is 0 Å². The summed E-state index contributed by atoms with van der Waals surface area (Å²) in [5.74, 6) is -2.40. The van der Waals surface area contributed by atoms with E-state index in [2.05, 4.69) is 0 Å². The molecule has 0 aromatic heterocycles. The van der Waals surface area contributed by atoms with Crippen LogP contribution in [0.2, 0.25) is 0 Å². The average Bonchev–Trinajstić information content (AvgIpc) is 2.73. The maximum absolute atomic E-state index is 12.4. The normalized spacial score (nSPS) is 12.0. The number of nitrogens with zero attached hydrogens (tertiary/aromatic N) is 1. The first-order chi connectivity index (χ1) is 13.9. The van der Waals surface area contributed by atoms with Gasteiger partial charge in [-0.1, -0.05) is 30.3 Å². The topological polar surface area (TPSA) is 105 Å². The predicted molar refractivity (Wildman–Crippen MR) is 104 cm³/mol. The highest BCUT2D eigenvalue weighted by molar-refractivity contribution is 5.95. The zero-order valence-corrected chi connectivity index (χ0v) is 16.1. The lowest BCUT2D eigenvalue weighted by Gasteiger charge is -2.13. The standard InChI is InChI=1S/C21H21NO7/c1-3-28-21(24)19(29-20(23)15-8-5-4-6-9-15)13-17(14-22(25)26)16-10-7-11-18(12-16)27-2/h4-13,17H,3,14H2,1-2H3/b19-13-/t17-/m0/s1. The number of hydrogen-bond donors (Lipinski definition) is 0. The maximum Gasteiger partial charge on any atom is 0.374 e. The number of esters is 2. The Balaban J connectivity index is 2.41. The molecule has 0 amide bonds. The van der Waals surface area contributed by atoms with E-state index in [0.29, 0.717) is 11.3 Å². The third-order valence-corrected chi connectivity index (χ3v) is 3.91. The number of rotatable bonds is 9. The molecule has 2 rings (SSSR count). The predicted octanol–water partition coefficient (Wildman–Crippen LogP) is 3.36. The minimum atomic E-state index is -0.881. The van der Waals surface area contributed by atoms with Crippen molar-refractivity contribution in [3.63, 3.8) is 0 Å². The van der Waals surface area contributed by atoms with Crippen molar-refractivity contribution in [2.45, 2.75) is 12.8 Å². The Labute approximate surface area is 167 Å². The molecule has 0 saturated heterocycles. The Bertz CT molecular complexity index is 893. The Kier molecular flexibility index (Phi) is 7.90. The molecule has 0 heterocycles. The van der Waals surface area contributed by atoms with Crippen molar-refractivity contribution in [2.24, 2.45) is 0 Å². The number of methoxy groups -OCH3 is 1. The van der Waals surface area contributed by atoms with E-state index < -0.39 is 35.1 Å². The number of hydrogen-bond acceptors (Lipinski definition) is 7. The Morgan fingerprint density at radius 2 is 1.86 bits per heavy atom. The van der Waals surface area contributed by atoms with Gasteiger partial charge < -0.3 is 14.2 Å². The molecule has 0 N–H and O–H groups in total. The summed E-state index contributed by atoms with van der Waals surface area (Å²) in [6.45, 7) is 1.14. The first-order valence-corrected chi connectivity index (χ1v) is 8.86. The number of benzene rings is 2. The molecule has 0 radical (unpaired) electrons. The van der Waals surface area contributed by atoms with Gasteiger partial charge in [0.25, 0.3) is 0 Å². The zero-order chi connectivity index (χ0) is 21.2. The second-order valence-corrected chi connectivity index (χ2v) is 5.91. The molecule has 2 aromatic rings. The molecule has 0 aliphatic rings. The second-order valence-electron chi connectivity index (χ2n) is 5.91. The monoisotopic (exact) mass is 399 g/mol. The van der Waals surface area contributed by atoms with Gasteiger partial charge in [-0.3, -0.25) is 10.1 Å². The van der Waals surface area contributed by atoms with Crippen molar-refractivity contribution in [3.05, 3.63) is 87.7 Å². The van der Waals surface area contributed by atoms with Gasteiger partial charge in [0.2, 0.25) is 12.3 Å². The summed E-state index contributed by atoms with van der Waals surface area (Å²) in [4.78, 5) is 35.4. The lowest BCUT2D eigenvalue weighted by molar-refractivity contribution is -0.481. The first-order valence-electron chi connectivity index (χ1n) is 8.86. The van der Waals surface area contributed by atoms with Gasteiger partial charge >= 0.3 is 11.9 Å². The zero-order valence-electron chi connectivity index (χ0n) is 16.1. The lowest BCUT2D eigenvalue weighted by Crippen LogP contribution is -2.18. The van der Waals surface area contributed by atoms with Crippen molar-refractivity contribution in [2.75, 3.05) is 20.3 Å². The third kappa shape index (κ3) is 6.46. The smallest absolute Gasteiger partial charge is 0.374 e. The van der Waals surface area contributed by atoms with Crippen molar-refractivity contribution >= 4 is 11.9 Å². The summed E-state index contributed by atoms with van der Waals surface area (Å²) in [7, 11) is 1.48. The minimum Gasteiger partial charge on any atom is -0.497 e. The summed E-state index contributed by atoms with van der Waals surface area (Å²) >= 11 is 0. The fourth-order valence-electron chi connectivity index (χ4n) is 2.55. The summed E-state index contributed by atoms with van der Waals surface area (Å²) in [5.41, 5.74) is 0.758. The lowest BCUT2D eigenvalue weighted by atomic mass is 9.98. The quantitative estimate of drug-likeness (QED) is 0.209. The van der Waals surface area contributed by atoms with Gasteiger partial charge in [-0.2, -0.15) is 0 Å². The fourth-order valence-corrected chi connectivity index (χ4v) is 2.55. The van der Waals surface area contributed by atoms with Crippen molar-refractivity contribution < 1.29 is 28.7 Å². The SMILES string of the molecule is CCOC(=O)/C(=C/[C@@H](C[N+](=O)[O-])c1cccc(OC)c1)OC(=O)c1ccccc1. The van der Waals surface area contributed by atoms with Crippen LogP contribution >= 0.6 is 0 Å². The summed E-state index contributed by atoms with van der Waals surface area (Å²) in [6.07, 6.45) is 1.23. The molecule has 0 aliphatic heterocycles. The number of carbonyl (C=O) groups excluding carboxylic acids is 2. The van der Waals surface area contributed by atoms with E-state index in [1.54, 1.807) is 49.4 Å². The third-order valence-electron chi connectivity index (χ3n) is 3.91. The van der Waals surface area contributed by atoms with Crippen LogP contribution in [0.25, 0.3) is 0 Å². The average molecular weight is 399 g/mol. The minimum absolute atomic E-state index is 0.0537. The van der Waals surface area contributed by atoms with Crippen LogP contribution in [0.5, 0.6) is 5.75 Å². The van der Waals surface area contributed by atoms with E-state index in [9.17, 15) is 19.7 Å². The van der Waals surface area contributed by atoms with E-state index >= 15 is 0 Å². The van der Waals surface area contributed by atoms with Crippen molar-refractivity contribution in [3.8, 4) is 5.75 Å². The molecule has 0 unspecified atom stereocenters. The molecule has 1 atom stereocenters. The summed E-state index contributed by atoms with van der Waals surface area (Å²) < 4.78 is 15.3. The first kappa shape index (κ1) is 21.6. The number of carbonyl (C=O) groups is 2. The van der Waals surface area contributed by atoms with Gasteiger partial charge in [0.1, 0.15) is 5.75 Å². The van der Waals surface area contributed by atoms with Crippen LogP contribution in [0.15, 0.2) is 66.4 Å². The largest absolute Gasteiger partial charge is 0.497 e. The molecule has 8 heteroatoms. The molecule has 0 fully saturated rings. The van der Waals surface area contributed by atoms with Gasteiger partial charge in [-0.15, -0.1) is 0 Å². The van der Waals surface area contributed by atoms with Gasteiger partial charge in [-0.05, 0) is 42.8 Å². The second kappa shape index (κ2) is 10.6. The van der Waals surface area contributed by atoms with Crippen LogP contribution in [0.4, 0.5) is 0 Å². The molecule has 2 aromatic carbocycles. The van der Waals surface area contributed by atoms with Crippen molar-refractivity contribution in [1.82, 2.24) is 0 Å². The molecule has 8 nitrogen and oxygen atoms in total. The van der Waals surface area contributed by atoms with Crippen LogP contribution in [0, 0.1) is 10.1 Å². The van der Waals surface area contributed by atoms with Gasteiger partial charge in [-0.25, -0.2) is 9.59 Å². The molecule has 152 valence electrons. The molecule has 0 spiro atoms. The van der Waals surface area contributed by atoms with Crippen LogP contribution in [-0.4, -0.2) is 37.1 Å². The number of nitro groups is 1. The fraction of sp³-hybridized carbons (Fsp3) is 0.238. The van der Waals surface area contributed by atoms with Crippen molar-refractivity contribution in [1.29, 1.82) is 0 Å². The maximum atomic E-state index is 12.4. The Morgan fingerprint density at radius 1 is 1.14 bits per heavy atom. The van der Waals surface area contributed by atoms with E-state index in [4.69, 9.17) is 14.2 Å². The van der Waals surface area contributed by atoms with Gasteiger partial charge in [0.05, 0.1) is 25.2 Å². The summed E-state index contributed by atoms with van der Waals surface area (Å²) in [6, 6.07) is 14.7. The molecular formula is C21H21NO7. The number of ether oxygens (including phenoxy) is 3. The van der Waals surface area contributed by atoms with E-state index in [-0.39, 0.29) is 12.2 Å². The van der Waals surface area contributed by atoms with Gasteiger partial charge in [0.15, 0.2) is 0 Å². The molecular weight excluding hydrogens is 378 g/mol. The van der Waals surface area contributed by atoms with Crippen LogP contribution < -0.4 is 4.74 Å². The van der Waals surface area contributed by atoms with Crippen LogP contribution in [-0.2, 0) is 14.3 Å². The van der Waals surface area contributed by atoms with E-state index in [1.165, 1.54) is 25.3 Å². The van der Waals surface area contributed by atoms with Crippen LogP contribution in [0.3, 0.4) is 0 Å². The Hall–Kier alpha value is -3.68. The highest BCUT2D eigenvalue weighted by Gasteiger charge is 2.24. The Morgan fingerprint density at radius 3 is 2.48 bits per heavy atom. The molecule has 0 bridgehead atoms. The van der Waals surface area contributed by atoms with Crippen LogP contribution in [0.1, 0.15) is 28.8 Å². The summed E-state index contributed by atoms with van der Waals surface area (Å²) in [5, 5.41) is 11.2. The van der Waals surface area contributed by atoms with E-state index in [1.807, 2.05) is 0 Å². The van der Waals surface area contributed by atoms with Gasteiger partial charge in [0, 0.05) is 4.92 Å². The highest BCUT2D eigenvalue weighted by atomic mass is 16.6. The molecule has 29 heavy (non-hydrogen) atoms. The molecule has 0 saturated carbocycles. The highest BCUT2D eigenvalue weighted by Crippen LogP contribution is 2.24. The molecule has 0 aliphatic carbocycles.